The zero-order chi connectivity index (χ0) is 21.1. The van der Waals surface area contributed by atoms with Gasteiger partial charge in [0.1, 0.15) is 5.75 Å². The molecule has 0 aliphatic rings. The summed E-state index contributed by atoms with van der Waals surface area (Å²) in [7, 11) is 1.80. The Morgan fingerprint density at radius 1 is 1.18 bits per heavy atom. The number of nitrogens with one attached hydrogen (secondary N) is 1. The van der Waals surface area contributed by atoms with Gasteiger partial charge >= 0.3 is 5.97 Å². The Bertz CT molecular complexity index is 848. The van der Waals surface area contributed by atoms with Crippen molar-refractivity contribution in [3.05, 3.63) is 41.2 Å². The number of hydrogen-bond acceptors (Lipinski definition) is 5. The van der Waals surface area contributed by atoms with Crippen molar-refractivity contribution in [2.24, 2.45) is 7.05 Å². The van der Waals surface area contributed by atoms with Gasteiger partial charge in [-0.2, -0.15) is 5.10 Å². The van der Waals surface area contributed by atoms with Crippen molar-refractivity contribution in [1.29, 1.82) is 0 Å². The molecule has 1 aromatic heterocycles. The Labute approximate surface area is 166 Å². The van der Waals surface area contributed by atoms with Crippen molar-refractivity contribution in [2.75, 3.05) is 11.9 Å². The van der Waals surface area contributed by atoms with Gasteiger partial charge in [0.15, 0.2) is 12.7 Å². The highest BCUT2D eigenvalue weighted by Crippen LogP contribution is 2.24. The molecular weight excluding hydrogens is 358 g/mol. The van der Waals surface area contributed by atoms with Crippen molar-refractivity contribution in [1.82, 2.24) is 9.78 Å². The molecule has 1 N–H and O–H groups in total. The van der Waals surface area contributed by atoms with E-state index in [0.717, 1.165) is 5.69 Å². The van der Waals surface area contributed by atoms with Gasteiger partial charge in [0, 0.05) is 7.05 Å². The van der Waals surface area contributed by atoms with Gasteiger partial charge in [0.25, 0.3) is 5.91 Å². The molecule has 0 aliphatic heterocycles. The molecular formula is C21H29N3O4. The van der Waals surface area contributed by atoms with Gasteiger partial charge in [-0.25, -0.2) is 4.79 Å². The number of nitrogens with zero attached hydrogens (tertiary/aromatic N) is 2. The normalized spacial score (nSPS) is 12.4. The largest absolute Gasteiger partial charge is 0.482 e. The van der Waals surface area contributed by atoms with Crippen LogP contribution in [0.3, 0.4) is 0 Å². The topological polar surface area (TPSA) is 82.5 Å². The molecule has 1 unspecified atom stereocenters. The molecule has 1 atom stereocenters. The van der Waals surface area contributed by atoms with Crippen molar-refractivity contribution in [3.8, 4) is 5.75 Å². The van der Waals surface area contributed by atoms with Crippen LogP contribution in [0.5, 0.6) is 5.75 Å². The number of anilines is 1. The van der Waals surface area contributed by atoms with Crippen LogP contribution in [0.4, 0.5) is 5.69 Å². The molecule has 0 aliphatic carbocycles. The maximum Gasteiger partial charge on any atom is 0.344 e. The zero-order valence-corrected chi connectivity index (χ0v) is 17.6. The Hall–Kier alpha value is -2.83. The number of ether oxygens (including phenoxy) is 2. The van der Waals surface area contributed by atoms with Crippen molar-refractivity contribution >= 4 is 17.6 Å². The molecule has 0 saturated heterocycles. The number of amides is 1. The summed E-state index contributed by atoms with van der Waals surface area (Å²) in [5.41, 5.74) is 3.38. The van der Waals surface area contributed by atoms with Crippen molar-refractivity contribution < 1.29 is 19.1 Å². The third-order valence-electron chi connectivity index (χ3n) is 4.51. The van der Waals surface area contributed by atoms with E-state index in [1.54, 1.807) is 18.7 Å². The van der Waals surface area contributed by atoms with E-state index in [4.69, 9.17) is 9.47 Å². The third kappa shape index (κ3) is 5.34. The van der Waals surface area contributed by atoms with E-state index in [0.29, 0.717) is 17.1 Å². The summed E-state index contributed by atoms with van der Waals surface area (Å²) >= 11 is 0. The molecule has 0 bridgehead atoms. The lowest BCUT2D eigenvalue weighted by Crippen LogP contribution is -2.32. The summed E-state index contributed by atoms with van der Waals surface area (Å²) in [5.74, 6) is -0.451. The summed E-state index contributed by atoms with van der Waals surface area (Å²) in [6.45, 7) is 11.3. The third-order valence-corrected chi connectivity index (χ3v) is 4.51. The summed E-state index contributed by atoms with van der Waals surface area (Å²) in [4.78, 5) is 24.3. The molecule has 28 heavy (non-hydrogen) atoms. The summed E-state index contributed by atoms with van der Waals surface area (Å²) < 4.78 is 12.3. The van der Waals surface area contributed by atoms with Crippen LogP contribution in [-0.2, 0) is 26.8 Å². The zero-order valence-electron chi connectivity index (χ0n) is 17.6. The van der Waals surface area contributed by atoms with Crippen LogP contribution in [-0.4, -0.2) is 34.4 Å². The average molecular weight is 387 g/mol. The first kappa shape index (κ1) is 21.5. The molecule has 7 heteroatoms. The van der Waals surface area contributed by atoms with Crippen molar-refractivity contribution in [2.45, 2.75) is 53.1 Å². The number of benzene rings is 1. The molecule has 1 heterocycles. The standard InChI is InChI=1S/C21H29N3O4/c1-13-19(14(2)24(7)23-13)22-20(26)15(3)28-18(25)12-27-17-10-8-16(9-11-17)21(4,5)6/h8-11,15H,12H2,1-7H3,(H,22,26). The van der Waals surface area contributed by atoms with Gasteiger partial charge in [-0.05, 0) is 43.9 Å². The van der Waals surface area contributed by atoms with E-state index < -0.39 is 18.0 Å². The predicted octanol–water partition coefficient (Wildman–Crippen LogP) is 3.28. The predicted molar refractivity (Wildman–Crippen MR) is 108 cm³/mol. The SMILES string of the molecule is Cc1nn(C)c(C)c1NC(=O)C(C)OC(=O)COc1ccc(C(C)(C)C)cc1. The van der Waals surface area contributed by atoms with E-state index in [1.165, 1.54) is 12.5 Å². The molecule has 2 rings (SSSR count). The Morgan fingerprint density at radius 3 is 2.29 bits per heavy atom. The van der Waals surface area contributed by atoms with Crippen LogP contribution in [0.1, 0.15) is 44.6 Å². The second-order valence-corrected chi connectivity index (χ2v) is 7.85. The van der Waals surface area contributed by atoms with E-state index in [9.17, 15) is 9.59 Å². The van der Waals surface area contributed by atoms with E-state index >= 15 is 0 Å². The van der Waals surface area contributed by atoms with Gasteiger partial charge in [-0.15, -0.1) is 0 Å². The Morgan fingerprint density at radius 2 is 1.79 bits per heavy atom. The monoisotopic (exact) mass is 387 g/mol. The summed E-state index contributed by atoms with van der Waals surface area (Å²) in [5, 5.41) is 7.00. The highest BCUT2D eigenvalue weighted by atomic mass is 16.6. The summed E-state index contributed by atoms with van der Waals surface area (Å²) in [6, 6.07) is 7.57. The molecule has 0 radical (unpaired) electrons. The van der Waals surface area contributed by atoms with Crippen LogP contribution in [0.2, 0.25) is 0 Å². The molecule has 152 valence electrons. The Balaban J connectivity index is 1.85. The van der Waals surface area contributed by atoms with E-state index in [1.807, 2.05) is 31.2 Å². The quantitative estimate of drug-likeness (QED) is 0.769. The molecule has 1 aromatic carbocycles. The maximum atomic E-state index is 12.3. The van der Waals surface area contributed by atoms with Crippen molar-refractivity contribution in [3.63, 3.8) is 0 Å². The van der Waals surface area contributed by atoms with Gasteiger partial charge in [-0.3, -0.25) is 9.48 Å². The van der Waals surface area contributed by atoms with Gasteiger partial charge in [-0.1, -0.05) is 32.9 Å². The molecule has 0 spiro atoms. The lowest BCUT2D eigenvalue weighted by molar-refractivity contribution is -0.155. The minimum Gasteiger partial charge on any atom is -0.482 e. The number of esters is 1. The van der Waals surface area contributed by atoms with Gasteiger partial charge < -0.3 is 14.8 Å². The lowest BCUT2D eigenvalue weighted by atomic mass is 9.87. The van der Waals surface area contributed by atoms with Crippen LogP contribution in [0, 0.1) is 13.8 Å². The highest BCUT2D eigenvalue weighted by Gasteiger charge is 2.21. The fraction of sp³-hybridized carbons (Fsp3) is 0.476. The number of aryl methyl sites for hydroxylation is 2. The number of hydrogen-bond donors (Lipinski definition) is 1. The van der Waals surface area contributed by atoms with E-state index in [-0.39, 0.29) is 12.0 Å². The van der Waals surface area contributed by atoms with Crippen LogP contribution < -0.4 is 10.1 Å². The molecule has 0 saturated carbocycles. The van der Waals surface area contributed by atoms with Crippen LogP contribution in [0.15, 0.2) is 24.3 Å². The fourth-order valence-electron chi connectivity index (χ4n) is 2.66. The number of carbonyl (C=O) groups excluding carboxylic acids is 2. The second kappa shape index (κ2) is 8.46. The number of aromatic nitrogens is 2. The minimum atomic E-state index is -0.946. The molecule has 0 fully saturated rings. The van der Waals surface area contributed by atoms with Gasteiger partial charge in [0.05, 0.1) is 17.1 Å². The van der Waals surface area contributed by atoms with Crippen LogP contribution >= 0.6 is 0 Å². The Kier molecular flexibility index (Phi) is 6.48. The van der Waals surface area contributed by atoms with Crippen LogP contribution in [0.25, 0.3) is 0 Å². The summed E-state index contributed by atoms with van der Waals surface area (Å²) in [6.07, 6.45) is -0.946. The average Bonchev–Trinajstić information content (AvgIpc) is 2.85. The number of carbonyl (C=O) groups is 2. The first-order valence-corrected chi connectivity index (χ1v) is 9.23. The number of rotatable bonds is 6. The van der Waals surface area contributed by atoms with Gasteiger partial charge in [0.2, 0.25) is 0 Å². The van der Waals surface area contributed by atoms with E-state index in [2.05, 4.69) is 31.2 Å². The fourth-order valence-corrected chi connectivity index (χ4v) is 2.66. The maximum absolute atomic E-state index is 12.3. The molecule has 2 aromatic rings. The second-order valence-electron chi connectivity index (χ2n) is 7.85. The highest BCUT2D eigenvalue weighted by molar-refractivity contribution is 5.96. The first-order valence-electron chi connectivity index (χ1n) is 9.23. The lowest BCUT2D eigenvalue weighted by Gasteiger charge is -2.19. The molecule has 7 nitrogen and oxygen atoms in total. The first-order chi connectivity index (χ1) is 13.0. The smallest absolute Gasteiger partial charge is 0.344 e. The minimum absolute atomic E-state index is 0.0469. The molecule has 1 amide bonds.